The van der Waals surface area contributed by atoms with Crippen molar-refractivity contribution in [1.82, 2.24) is 0 Å². The Kier molecular flexibility index (Phi) is 4.60. The molecular weight excluding hydrogens is 296 g/mol. The molecule has 1 aliphatic carbocycles. The van der Waals surface area contributed by atoms with Crippen LogP contribution in [0.2, 0.25) is 0 Å². The SMILES string of the molecule is CC=CC=CC(=O)c1cc2c(c(C)c1O)C(=O)C(OC)=CC2=O. The van der Waals surface area contributed by atoms with Gasteiger partial charge in [0, 0.05) is 22.8 Å². The Morgan fingerprint density at radius 3 is 2.57 bits per heavy atom. The Morgan fingerprint density at radius 2 is 1.96 bits per heavy atom. The highest BCUT2D eigenvalue weighted by Gasteiger charge is 2.31. The van der Waals surface area contributed by atoms with Crippen LogP contribution in [0.15, 0.2) is 42.2 Å². The minimum atomic E-state index is -0.488. The summed E-state index contributed by atoms with van der Waals surface area (Å²) in [5, 5.41) is 10.2. The zero-order valence-corrected chi connectivity index (χ0v) is 13.0. The first kappa shape index (κ1) is 16.4. The summed E-state index contributed by atoms with van der Waals surface area (Å²) in [5.41, 5.74) is 0.332. The molecule has 0 spiro atoms. The fraction of sp³-hybridized carbons (Fsp3) is 0.167. The fourth-order valence-corrected chi connectivity index (χ4v) is 2.36. The average Bonchev–Trinajstić information content (AvgIpc) is 2.53. The van der Waals surface area contributed by atoms with Crippen LogP contribution in [0.1, 0.15) is 43.6 Å². The molecule has 2 rings (SSSR count). The van der Waals surface area contributed by atoms with Crippen LogP contribution in [0.5, 0.6) is 5.75 Å². The highest BCUT2D eigenvalue weighted by atomic mass is 16.5. The minimum absolute atomic E-state index is 0.0163. The molecule has 0 heterocycles. The predicted octanol–water partition coefficient (Wildman–Crippen LogP) is 2.92. The maximum absolute atomic E-state index is 12.3. The van der Waals surface area contributed by atoms with Gasteiger partial charge >= 0.3 is 0 Å². The number of ether oxygens (including phenoxy) is 1. The molecule has 1 aliphatic rings. The van der Waals surface area contributed by atoms with Crippen molar-refractivity contribution in [1.29, 1.82) is 0 Å². The number of benzene rings is 1. The lowest BCUT2D eigenvalue weighted by Gasteiger charge is -2.18. The molecule has 0 amide bonds. The molecular formula is C18H16O5. The van der Waals surface area contributed by atoms with Crippen LogP contribution >= 0.6 is 0 Å². The van der Waals surface area contributed by atoms with Gasteiger partial charge in [-0.05, 0) is 26.0 Å². The van der Waals surface area contributed by atoms with Crippen molar-refractivity contribution in [3.63, 3.8) is 0 Å². The van der Waals surface area contributed by atoms with Crippen molar-refractivity contribution in [2.45, 2.75) is 13.8 Å². The summed E-state index contributed by atoms with van der Waals surface area (Å²) in [5.74, 6) is -1.77. The molecule has 118 valence electrons. The average molecular weight is 312 g/mol. The highest BCUT2D eigenvalue weighted by Crippen LogP contribution is 2.33. The van der Waals surface area contributed by atoms with E-state index in [2.05, 4.69) is 0 Å². The molecule has 0 fully saturated rings. The maximum Gasteiger partial charge on any atom is 0.228 e. The number of rotatable bonds is 4. The van der Waals surface area contributed by atoms with Gasteiger partial charge in [-0.15, -0.1) is 0 Å². The number of phenolic OH excluding ortho intramolecular Hbond substituents is 1. The van der Waals surface area contributed by atoms with Crippen molar-refractivity contribution in [2.24, 2.45) is 0 Å². The minimum Gasteiger partial charge on any atom is -0.507 e. The second-order valence-corrected chi connectivity index (χ2v) is 4.98. The van der Waals surface area contributed by atoms with Crippen LogP contribution < -0.4 is 0 Å². The zero-order valence-electron chi connectivity index (χ0n) is 13.0. The van der Waals surface area contributed by atoms with E-state index in [0.717, 1.165) is 6.08 Å². The summed E-state index contributed by atoms with van der Waals surface area (Å²) in [4.78, 5) is 36.6. The summed E-state index contributed by atoms with van der Waals surface area (Å²) in [6.07, 6.45) is 7.33. The van der Waals surface area contributed by atoms with E-state index >= 15 is 0 Å². The molecule has 0 saturated carbocycles. The number of hydrogen-bond donors (Lipinski definition) is 1. The number of allylic oxidation sites excluding steroid dienone is 6. The Balaban J connectivity index is 2.61. The van der Waals surface area contributed by atoms with Crippen LogP contribution in [0, 0.1) is 6.92 Å². The molecule has 1 N–H and O–H groups in total. The molecule has 0 atom stereocenters. The number of carbonyl (C=O) groups excluding carboxylic acids is 3. The van der Waals surface area contributed by atoms with Gasteiger partial charge in [-0.1, -0.05) is 18.2 Å². The molecule has 0 saturated heterocycles. The van der Waals surface area contributed by atoms with E-state index in [-0.39, 0.29) is 33.8 Å². The number of fused-ring (bicyclic) bond motifs is 1. The second kappa shape index (κ2) is 6.44. The number of carbonyl (C=O) groups is 3. The van der Waals surface area contributed by atoms with Gasteiger partial charge in [-0.25, -0.2) is 0 Å². The van der Waals surface area contributed by atoms with Crippen molar-refractivity contribution >= 4 is 17.3 Å². The Morgan fingerprint density at radius 1 is 1.26 bits per heavy atom. The Bertz CT molecular complexity index is 794. The highest BCUT2D eigenvalue weighted by molar-refractivity contribution is 6.25. The van der Waals surface area contributed by atoms with Crippen molar-refractivity contribution in [3.05, 3.63) is 64.5 Å². The molecule has 1 aromatic rings. The van der Waals surface area contributed by atoms with Crippen LogP contribution in [0.3, 0.4) is 0 Å². The van der Waals surface area contributed by atoms with Gasteiger partial charge in [0.1, 0.15) is 5.75 Å². The summed E-state index contributed by atoms with van der Waals surface area (Å²) in [6.45, 7) is 3.30. The first-order valence-corrected chi connectivity index (χ1v) is 6.97. The van der Waals surface area contributed by atoms with Gasteiger partial charge in [0.2, 0.25) is 5.78 Å². The van der Waals surface area contributed by atoms with Crippen molar-refractivity contribution in [2.75, 3.05) is 7.11 Å². The lowest BCUT2D eigenvalue weighted by molar-refractivity contribution is 0.0915. The van der Waals surface area contributed by atoms with Gasteiger partial charge in [-0.2, -0.15) is 0 Å². The van der Waals surface area contributed by atoms with Crippen molar-refractivity contribution in [3.8, 4) is 5.75 Å². The molecule has 0 unspecified atom stereocenters. The maximum atomic E-state index is 12.3. The Labute approximate surface area is 133 Å². The summed E-state index contributed by atoms with van der Waals surface area (Å²) in [7, 11) is 1.29. The first-order chi connectivity index (χ1) is 10.9. The number of Topliss-reactive ketones (excluding diaryl/α,β-unsaturated/α-hetero) is 1. The van der Waals surface area contributed by atoms with E-state index in [1.54, 1.807) is 19.1 Å². The number of methoxy groups -OCH3 is 1. The topological polar surface area (TPSA) is 80.7 Å². The fourth-order valence-electron chi connectivity index (χ4n) is 2.36. The quantitative estimate of drug-likeness (QED) is 0.525. The van der Waals surface area contributed by atoms with Crippen LogP contribution in [0.4, 0.5) is 0 Å². The van der Waals surface area contributed by atoms with E-state index in [0.29, 0.717) is 0 Å². The van der Waals surface area contributed by atoms with Gasteiger partial charge < -0.3 is 9.84 Å². The molecule has 0 radical (unpaired) electrons. The molecule has 0 aliphatic heterocycles. The van der Waals surface area contributed by atoms with Gasteiger partial charge in [-0.3, -0.25) is 14.4 Å². The third-order valence-electron chi connectivity index (χ3n) is 3.56. The Hall–Kier alpha value is -2.95. The number of ketones is 3. The number of hydrogen-bond acceptors (Lipinski definition) is 5. The van der Waals surface area contributed by atoms with E-state index in [1.807, 2.05) is 0 Å². The molecule has 5 nitrogen and oxygen atoms in total. The largest absolute Gasteiger partial charge is 0.507 e. The van der Waals surface area contributed by atoms with E-state index in [9.17, 15) is 19.5 Å². The van der Waals surface area contributed by atoms with E-state index in [4.69, 9.17) is 4.74 Å². The second-order valence-electron chi connectivity index (χ2n) is 4.98. The zero-order chi connectivity index (χ0) is 17.1. The summed E-state index contributed by atoms with van der Waals surface area (Å²) < 4.78 is 4.89. The van der Waals surface area contributed by atoms with Crippen molar-refractivity contribution < 1.29 is 24.2 Å². The third-order valence-corrected chi connectivity index (χ3v) is 3.56. The molecule has 0 bridgehead atoms. The lowest BCUT2D eigenvalue weighted by Crippen LogP contribution is -2.20. The standard InChI is InChI=1S/C18H16O5/c1-4-5-6-7-13(19)12-8-11-14(20)9-15(23-3)18(22)16(11)10(2)17(12)21/h4-9,21H,1-3H3. The van der Waals surface area contributed by atoms with Gasteiger partial charge in [0.05, 0.1) is 12.7 Å². The normalized spacial score (nSPS) is 14.3. The summed E-state index contributed by atoms with van der Waals surface area (Å²) in [6, 6.07) is 1.25. The predicted molar refractivity (Wildman–Crippen MR) is 84.9 cm³/mol. The lowest BCUT2D eigenvalue weighted by atomic mass is 9.86. The first-order valence-electron chi connectivity index (χ1n) is 6.97. The van der Waals surface area contributed by atoms with Crippen LogP contribution in [-0.4, -0.2) is 29.6 Å². The number of phenols is 1. The third kappa shape index (κ3) is 2.85. The molecule has 5 heteroatoms. The van der Waals surface area contributed by atoms with Crippen LogP contribution in [0.25, 0.3) is 0 Å². The van der Waals surface area contributed by atoms with Gasteiger partial charge in [0.15, 0.2) is 17.3 Å². The molecule has 1 aromatic carbocycles. The monoisotopic (exact) mass is 312 g/mol. The summed E-state index contributed by atoms with van der Waals surface area (Å²) >= 11 is 0. The van der Waals surface area contributed by atoms with E-state index < -0.39 is 17.3 Å². The smallest absolute Gasteiger partial charge is 0.228 e. The molecule has 23 heavy (non-hydrogen) atoms. The van der Waals surface area contributed by atoms with Crippen LogP contribution in [-0.2, 0) is 4.74 Å². The van der Waals surface area contributed by atoms with Gasteiger partial charge in [0.25, 0.3) is 0 Å². The van der Waals surface area contributed by atoms with E-state index in [1.165, 1.54) is 32.3 Å². The number of aromatic hydroxyl groups is 1. The molecule has 0 aromatic heterocycles.